The summed E-state index contributed by atoms with van der Waals surface area (Å²) >= 11 is 0. The van der Waals surface area contributed by atoms with Crippen molar-refractivity contribution < 1.29 is 4.74 Å². The van der Waals surface area contributed by atoms with Gasteiger partial charge in [-0.05, 0) is 43.2 Å². The molecule has 0 aliphatic carbocycles. The second kappa shape index (κ2) is 7.26. The van der Waals surface area contributed by atoms with Gasteiger partial charge in [0.05, 0.1) is 33.4 Å². The van der Waals surface area contributed by atoms with Gasteiger partial charge in [0.25, 0.3) is 0 Å². The van der Waals surface area contributed by atoms with Crippen LogP contribution in [0.2, 0.25) is 19.6 Å². The highest BCUT2D eigenvalue weighted by atomic mass is 28.3. The van der Waals surface area contributed by atoms with E-state index in [1.165, 1.54) is 0 Å². The third-order valence-corrected chi connectivity index (χ3v) is 8.48. The van der Waals surface area contributed by atoms with E-state index >= 15 is 0 Å². The second-order valence-corrected chi connectivity index (χ2v) is 15.2. The Labute approximate surface area is 203 Å². The molecule has 7 heteroatoms. The molecule has 0 fully saturated rings. The number of pyridine rings is 2. The molecule has 6 nitrogen and oxygen atoms in total. The molecule has 35 heavy (non-hydrogen) atoms. The highest BCUT2D eigenvalue weighted by Gasteiger charge is 2.26. The lowest BCUT2D eigenvalue weighted by molar-refractivity contribution is 0.485. The number of nitrogens with zero attached hydrogens (tertiary/aromatic N) is 5. The third-order valence-electron chi connectivity index (χ3n) is 6.70. The van der Waals surface area contributed by atoms with E-state index in [4.69, 9.17) is 19.8 Å². The highest BCUT2D eigenvalue weighted by Crippen LogP contribution is 2.33. The fourth-order valence-electron chi connectivity index (χ4n) is 5.00. The summed E-state index contributed by atoms with van der Waals surface area (Å²) in [7, 11) is -1.84. The Balaban J connectivity index is 1.60. The first-order valence-corrected chi connectivity index (χ1v) is 15.5. The van der Waals surface area contributed by atoms with E-state index in [1.54, 1.807) is 0 Å². The first-order valence-electron chi connectivity index (χ1n) is 12.0. The van der Waals surface area contributed by atoms with E-state index in [0.717, 1.165) is 74.2 Å². The number of benzene rings is 2. The van der Waals surface area contributed by atoms with Gasteiger partial charge in [-0.1, -0.05) is 43.9 Å². The Morgan fingerprint density at radius 1 is 0.857 bits per heavy atom. The Morgan fingerprint density at radius 2 is 1.71 bits per heavy atom. The molecular formula is C28H25N5OSi. The monoisotopic (exact) mass is 475 g/mol. The van der Waals surface area contributed by atoms with Crippen molar-refractivity contribution in [3.05, 3.63) is 84.4 Å². The van der Waals surface area contributed by atoms with E-state index in [2.05, 4.69) is 72.7 Å². The summed E-state index contributed by atoms with van der Waals surface area (Å²) in [5.41, 5.74) is 6.09. The predicted octanol–water partition coefficient (Wildman–Crippen LogP) is 5.66. The van der Waals surface area contributed by atoms with E-state index < -0.39 is 8.07 Å². The largest absolute Gasteiger partial charge is 0.456 e. The lowest BCUT2D eigenvalue weighted by Crippen LogP contribution is -2.41. The summed E-state index contributed by atoms with van der Waals surface area (Å²) in [5, 5.41) is 8.02. The average molecular weight is 476 g/mol. The van der Waals surface area contributed by atoms with Gasteiger partial charge in [0.1, 0.15) is 25.2 Å². The van der Waals surface area contributed by atoms with Crippen LogP contribution in [-0.2, 0) is 12.8 Å². The summed E-state index contributed by atoms with van der Waals surface area (Å²) in [4.78, 5) is 10.4. The van der Waals surface area contributed by atoms with Crippen LogP contribution >= 0.6 is 0 Å². The van der Waals surface area contributed by atoms with Gasteiger partial charge < -0.3 is 4.74 Å². The van der Waals surface area contributed by atoms with Crippen molar-refractivity contribution in [3.8, 4) is 17.2 Å². The average Bonchev–Trinajstić information content (AvgIpc) is 3.49. The van der Waals surface area contributed by atoms with E-state index in [9.17, 15) is 0 Å². The van der Waals surface area contributed by atoms with Crippen molar-refractivity contribution in [2.45, 2.75) is 32.5 Å². The molecule has 4 aromatic heterocycles. The highest BCUT2D eigenvalue weighted by molar-refractivity contribution is 6.88. The van der Waals surface area contributed by atoms with Crippen LogP contribution in [0.15, 0.2) is 73.1 Å². The molecule has 5 heterocycles. The maximum Gasteiger partial charge on any atom is 0.147 e. The maximum absolute atomic E-state index is 6.59. The number of para-hydroxylation sites is 1. The zero-order valence-corrected chi connectivity index (χ0v) is 21.0. The van der Waals surface area contributed by atoms with Crippen molar-refractivity contribution in [2.24, 2.45) is 0 Å². The van der Waals surface area contributed by atoms with Crippen LogP contribution in [-0.4, -0.2) is 32.2 Å². The Kier molecular flexibility index (Phi) is 4.23. The molecule has 0 saturated heterocycles. The number of hydrogen-bond donors (Lipinski definition) is 0. The third kappa shape index (κ3) is 3.26. The summed E-state index contributed by atoms with van der Waals surface area (Å²) in [5.74, 6) is 1.59. The van der Waals surface area contributed by atoms with E-state index in [1.807, 2.05) is 29.1 Å². The lowest BCUT2D eigenvalue weighted by atomic mass is 10.1. The molecule has 0 spiro atoms. The first kappa shape index (κ1) is 20.4. The van der Waals surface area contributed by atoms with E-state index in [-0.39, 0.29) is 0 Å². The number of ether oxygens (including phenoxy) is 1. The molecule has 0 radical (unpaired) electrons. The van der Waals surface area contributed by atoms with Crippen LogP contribution in [0.3, 0.4) is 0 Å². The van der Waals surface area contributed by atoms with Gasteiger partial charge >= 0.3 is 0 Å². The molecule has 7 rings (SSSR count). The number of aromatic nitrogens is 5. The first-order chi connectivity index (χ1) is 16.9. The topological polar surface area (TPSA) is 57.2 Å². The minimum atomic E-state index is -1.84. The van der Waals surface area contributed by atoms with Gasteiger partial charge in [-0.15, -0.1) is 0 Å². The van der Waals surface area contributed by atoms with Gasteiger partial charge in [0.15, 0.2) is 0 Å². The summed E-state index contributed by atoms with van der Waals surface area (Å²) in [6.07, 6.45) is 5.82. The SMILES string of the molecule is C[Si](C)(C)c1nc2c3ccccc3n3cc4nc3c2cc1Oc1cccc(c1)-n1ccc(n1)CC4. The number of fused-ring (bicyclic) bond motifs is 10. The van der Waals surface area contributed by atoms with Crippen LogP contribution in [0.1, 0.15) is 11.4 Å². The molecule has 0 N–H and O–H groups in total. The van der Waals surface area contributed by atoms with Crippen molar-refractivity contribution in [2.75, 3.05) is 0 Å². The summed E-state index contributed by atoms with van der Waals surface area (Å²) < 4.78 is 10.7. The Morgan fingerprint density at radius 3 is 2.60 bits per heavy atom. The molecule has 8 bridgehead atoms. The summed E-state index contributed by atoms with van der Waals surface area (Å²) in [6, 6.07) is 20.8. The molecule has 6 aromatic rings. The molecule has 1 aliphatic rings. The van der Waals surface area contributed by atoms with Crippen molar-refractivity contribution >= 4 is 40.8 Å². The quantitative estimate of drug-likeness (QED) is 0.228. The molecule has 1 aliphatic heterocycles. The van der Waals surface area contributed by atoms with E-state index in [0.29, 0.717) is 0 Å². The minimum absolute atomic E-state index is 0.774. The van der Waals surface area contributed by atoms with Crippen molar-refractivity contribution in [1.82, 2.24) is 24.1 Å². The van der Waals surface area contributed by atoms with Gasteiger partial charge in [-0.25, -0.2) is 9.67 Å². The Hall–Kier alpha value is -3.97. The number of aryl methyl sites for hydroxylation is 2. The lowest BCUT2D eigenvalue weighted by Gasteiger charge is -2.21. The molecule has 0 amide bonds. The van der Waals surface area contributed by atoms with Gasteiger partial charge in [-0.2, -0.15) is 5.10 Å². The smallest absolute Gasteiger partial charge is 0.147 e. The molecule has 2 aromatic carbocycles. The van der Waals surface area contributed by atoms with Crippen LogP contribution in [0.4, 0.5) is 0 Å². The predicted molar refractivity (Wildman–Crippen MR) is 142 cm³/mol. The van der Waals surface area contributed by atoms with Crippen molar-refractivity contribution in [3.63, 3.8) is 0 Å². The number of imidazole rings is 1. The van der Waals surface area contributed by atoms with Gasteiger partial charge in [0, 0.05) is 29.2 Å². The number of rotatable bonds is 1. The minimum Gasteiger partial charge on any atom is -0.456 e. The van der Waals surface area contributed by atoms with Gasteiger partial charge in [-0.3, -0.25) is 9.38 Å². The maximum atomic E-state index is 6.59. The second-order valence-electron chi connectivity index (χ2n) is 10.3. The molecule has 0 atom stereocenters. The van der Waals surface area contributed by atoms with Crippen LogP contribution in [0.5, 0.6) is 11.5 Å². The fourth-order valence-corrected chi connectivity index (χ4v) is 6.31. The standard InChI is InChI=1S/C28H25N5OSi/c1-35(2,3)28-25-16-23-26(30-28)22-9-4-5-10-24(22)32-17-19(29-27(23)32)12-11-18-13-14-33(31-18)20-7-6-8-21(15-20)34-25/h4-10,13-17H,11-12H2,1-3H3. The molecule has 0 unspecified atom stereocenters. The zero-order valence-electron chi connectivity index (χ0n) is 20.0. The molecule has 172 valence electrons. The van der Waals surface area contributed by atoms with Crippen LogP contribution in [0.25, 0.3) is 33.1 Å². The summed E-state index contributed by atoms with van der Waals surface area (Å²) in [6.45, 7) is 6.94. The van der Waals surface area contributed by atoms with Crippen LogP contribution in [0, 0.1) is 0 Å². The van der Waals surface area contributed by atoms with Crippen molar-refractivity contribution in [1.29, 1.82) is 0 Å². The van der Waals surface area contributed by atoms with Gasteiger partial charge in [0.2, 0.25) is 0 Å². The molecular weight excluding hydrogens is 450 g/mol. The normalized spacial score (nSPS) is 13.6. The number of hydrogen-bond acceptors (Lipinski definition) is 4. The zero-order chi connectivity index (χ0) is 23.7. The molecule has 0 saturated carbocycles. The fraction of sp³-hybridized carbons (Fsp3) is 0.179. The van der Waals surface area contributed by atoms with Crippen LogP contribution < -0.4 is 10.1 Å². The Bertz CT molecular complexity index is 1780.